The number of imidazole rings is 3. The molecule has 0 bridgehead atoms. The Morgan fingerprint density at radius 1 is 0.527 bits per heavy atom. The van der Waals surface area contributed by atoms with Crippen LogP contribution < -0.4 is 58.4 Å². The van der Waals surface area contributed by atoms with Crippen molar-refractivity contribution < 1.29 is 62.9 Å². The molecule has 10 aromatic rings. The van der Waals surface area contributed by atoms with Crippen LogP contribution in [0.3, 0.4) is 0 Å². The Morgan fingerprint density at radius 3 is 1.61 bits per heavy atom. The van der Waals surface area contributed by atoms with Crippen molar-refractivity contribution >= 4 is 134 Å². The minimum atomic E-state index is -1.24. The van der Waals surface area contributed by atoms with Gasteiger partial charge in [0.2, 0.25) is 11.6 Å². The summed E-state index contributed by atoms with van der Waals surface area (Å²) >= 11 is 4.48. The number of aliphatic imine (C=N–C) groups is 2. The molecule has 0 unspecified atom stereocenters. The molecular weight excluding hydrogens is 1440 g/mol. The first-order valence-electron chi connectivity index (χ1n) is 33.7. The van der Waals surface area contributed by atoms with Gasteiger partial charge in [0.1, 0.15) is 39.8 Å². The Balaban J connectivity index is 0.570. The molecule has 37 heteroatoms. The fourth-order valence-electron chi connectivity index (χ4n) is 12.2. The molecule has 2 aliphatic rings. The molecule has 564 valence electrons. The summed E-state index contributed by atoms with van der Waals surface area (Å²) < 4.78 is 17.9. The van der Waals surface area contributed by atoms with Crippen LogP contribution in [0.15, 0.2) is 160 Å². The van der Waals surface area contributed by atoms with Gasteiger partial charge < -0.3 is 104 Å². The summed E-state index contributed by atoms with van der Waals surface area (Å²) in [5.41, 5.74) is 4.05. The predicted molar refractivity (Wildman–Crippen MR) is 409 cm³/mol. The van der Waals surface area contributed by atoms with Crippen molar-refractivity contribution in [1.82, 2.24) is 62.1 Å². The van der Waals surface area contributed by atoms with Crippen LogP contribution in [0.5, 0.6) is 5.75 Å². The van der Waals surface area contributed by atoms with Gasteiger partial charge in [0.25, 0.3) is 47.3 Å². The zero-order valence-electron chi connectivity index (χ0n) is 60.1. The third kappa shape index (κ3) is 16.7. The number of aliphatic hydroxyl groups is 1. The molecule has 12 rings (SSSR count). The maximum Gasteiger partial charge on any atom is 0.336 e. The van der Waals surface area contributed by atoms with Crippen molar-refractivity contribution in [3.05, 3.63) is 202 Å². The minimum absolute atomic E-state index is 0.0273. The number of anilines is 7. The molecule has 8 aromatic heterocycles. The van der Waals surface area contributed by atoms with Crippen LogP contribution in [-0.4, -0.2) is 146 Å². The molecule has 0 saturated carbocycles. The molecule has 110 heavy (non-hydrogen) atoms. The first-order valence-corrected chi connectivity index (χ1v) is 34.1. The van der Waals surface area contributed by atoms with Gasteiger partial charge in [-0.25, -0.2) is 19.7 Å². The number of thiol groups is 1. The summed E-state index contributed by atoms with van der Waals surface area (Å²) in [6.07, 6.45) is 14.4. The molecule has 2 aromatic carbocycles. The third-order valence-corrected chi connectivity index (χ3v) is 17.6. The number of amidine groups is 1. The van der Waals surface area contributed by atoms with E-state index in [-0.39, 0.29) is 134 Å². The van der Waals surface area contributed by atoms with Gasteiger partial charge in [-0.15, -0.1) is 18.4 Å². The quantitative estimate of drug-likeness (QED) is 0.00841. The number of nitrogens with one attached hydrogen (secondary N) is 9. The lowest BCUT2D eigenvalue weighted by atomic mass is 9.90. The van der Waals surface area contributed by atoms with Crippen molar-refractivity contribution in [2.75, 3.05) is 57.4 Å². The Labute approximate surface area is 628 Å². The van der Waals surface area contributed by atoms with Gasteiger partial charge in [0.15, 0.2) is 34.0 Å². The highest BCUT2D eigenvalue weighted by Gasteiger charge is 2.27. The third-order valence-electron chi connectivity index (χ3n) is 17.4. The Hall–Kier alpha value is -14.5. The summed E-state index contributed by atoms with van der Waals surface area (Å²) in [6.45, 7) is 0.651. The Bertz CT molecular complexity index is 5790. The average molecular weight is 1510 g/mol. The average Bonchev–Trinajstić information content (AvgIpc) is 0.944. The van der Waals surface area contributed by atoms with Crippen LogP contribution in [0.4, 0.5) is 45.8 Å². The lowest BCUT2D eigenvalue weighted by Gasteiger charge is -2.18. The monoisotopic (exact) mass is 1510 g/mol. The van der Waals surface area contributed by atoms with Gasteiger partial charge >= 0.3 is 5.97 Å². The van der Waals surface area contributed by atoms with E-state index >= 15 is 0 Å². The van der Waals surface area contributed by atoms with Crippen LogP contribution in [0.2, 0.25) is 0 Å². The summed E-state index contributed by atoms with van der Waals surface area (Å²) in [5.74, 6) is -5.98. The molecule has 11 N–H and O–H groups in total. The molecule has 0 radical (unpaired) electrons. The second-order valence-electron chi connectivity index (χ2n) is 25.4. The van der Waals surface area contributed by atoms with E-state index in [0.29, 0.717) is 63.5 Å². The number of carbonyl (C=O) groups is 9. The smallest absolute Gasteiger partial charge is 0.336 e. The van der Waals surface area contributed by atoms with Crippen molar-refractivity contribution in [2.24, 2.45) is 59.3 Å². The molecule has 1 aliphatic heterocycles. The molecule has 1 aliphatic carbocycles. The summed E-state index contributed by atoms with van der Waals surface area (Å²) in [4.78, 5) is 153. The molecule has 9 heterocycles. The topological polar surface area (TPSA) is 458 Å². The van der Waals surface area contributed by atoms with E-state index in [1.807, 2.05) is 0 Å². The maximum atomic E-state index is 13.6. The van der Waals surface area contributed by atoms with Gasteiger partial charge in [-0.1, -0.05) is 18.2 Å². The van der Waals surface area contributed by atoms with E-state index < -0.39 is 47.3 Å². The Morgan fingerprint density at radius 2 is 1.05 bits per heavy atom. The van der Waals surface area contributed by atoms with Crippen LogP contribution >= 0.6 is 12.6 Å². The molecule has 0 atom stereocenters. The number of carboxylic acid groups (broad SMARTS) is 1. The Kier molecular flexibility index (Phi) is 21.6. The fourth-order valence-corrected chi connectivity index (χ4v) is 12.4. The van der Waals surface area contributed by atoms with Crippen LogP contribution in [0.25, 0.3) is 33.4 Å². The van der Waals surface area contributed by atoms with E-state index in [0.717, 1.165) is 0 Å². The zero-order valence-corrected chi connectivity index (χ0v) is 61.0. The van der Waals surface area contributed by atoms with Gasteiger partial charge in [-0.3, -0.25) is 48.1 Å². The molecule has 0 saturated heterocycles. The number of carboxylic acids is 1. The lowest BCUT2D eigenvalue weighted by molar-refractivity contribution is -0.268. The van der Waals surface area contributed by atoms with Crippen LogP contribution in [-0.2, 0) is 55.9 Å². The van der Waals surface area contributed by atoms with Gasteiger partial charge in [-0.05, 0) is 79.1 Å². The first kappa shape index (κ1) is 75.2. The molecular formula is C73H71N22O14S-. The van der Waals surface area contributed by atoms with Crippen molar-refractivity contribution in [3.63, 3.8) is 0 Å². The summed E-state index contributed by atoms with van der Waals surface area (Å²) in [5, 5.41) is 58.8. The molecule has 8 amide bonds. The van der Waals surface area contributed by atoms with Crippen molar-refractivity contribution in [3.8, 4) is 28.2 Å². The standard InChI is InChI=1S/C73H72N22O14S/c1-74-64(99)50-24-39(31-88(50)2)78-66(101)52-26-41(33-90(52)4)80-68(103)54-27-42(34-92(54)6)81-70(105)62-85-57(36-93(62)7)84-59(98)11-9-18-76-65(100)51-25-40(32-89(51)3)79-67(102)53-28-43(35-91(53)5)82-71(106)63-86-58(37-94(63)8)87-69(104)61-75-20-22-95(61)21-10-19-77-73(110)83-38-12-15-46(49(23-38)72(107)108)60-47-16-13-44(96)29-55(47)109-56-30-45(97)14-17-48(56)60/h12-17,20,22-37,96H,9-11,18-19,21H2,1-8H3,(H,74,99)(H,76,100)(H,78,101)(H,79,102)(H,80,103)(H,81,105)(H,82,106)(H,84,98)(H,87,104)(H,107,108)(H2,77,83,110)/p-1. The number of hydrogen-bond donors (Lipinski definition) is 12. The van der Waals surface area contributed by atoms with Gasteiger partial charge in [0, 0.05) is 160 Å². The number of hydrogen-bond acceptors (Lipinski definition) is 17. The number of carbonyl (C=O) groups excluding carboxylic acids is 8. The number of aromatic carboxylic acids is 1. The number of fused-ring (bicyclic) bond motifs is 2. The van der Waals surface area contributed by atoms with Gasteiger partial charge in [0.05, 0.1) is 40.2 Å². The summed E-state index contributed by atoms with van der Waals surface area (Å²) in [7, 11) is 12.8. The number of amides is 8. The minimum Gasteiger partial charge on any atom is -0.872 e. The van der Waals surface area contributed by atoms with Crippen LogP contribution in [0, 0.1) is 0 Å². The molecule has 0 spiro atoms. The fraction of sp³-hybridized carbons (Fsp3) is 0.192. The van der Waals surface area contributed by atoms with Gasteiger partial charge in [-0.2, -0.15) is 4.99 Å². The maximum absolute atomic E-state index is 13.6. The predicted octanol–water partition coefficient (Wildman–Crippen LogP) is 7.15. The van der Waals surface area contributed by atoms with Crippen molar-refractivity contribution in [2.45, 2.75) is 25.8 Å². The van der Waals surface area contributed by atoms with E-state index in [1.165, 1.54) is 126 Å². The van der Waals surface area contributed by atoms with Crippen LogP contribution in [0.1, 0.15) is 114 Å². The summed E-state index contributed by atoms with van der Waals surface area (Å²) in [6, 6.07) is 20.4. The number of aromatic nitrogens is 11. The highest BCUT2D eigenvalue weighted by Crippen LogP contribution is 2.42. The zero-order chi connectivity index (χ0) is 78.5. The lowest BCUT2D eigenvalue weighted by Crippen LogP contribution is -2.26. The highest BCUT2D eigenvalue weighted by molar-refractivity contribution is 7.97. The number of rotatable bonds is 26. The largest absolute Gasteiger partial charge is 0.872 e. The number of nitrogens with zero attached hydrogens (tertiary/aromatic N) is 13. The second kappa shape index (κ2) is 31.7. The van der Waals surface area contributed by atoms with E-state index in [4.69, 9.17) is 4.42 Å². The first-order chi connectivity index (χ1) is 52.5. The number of aryl methyl sites for hydroxylation is 8. The normalized spacial score (nSPS) is 11.6. The number of aliphatic hydroxyl groups excluding tert-OH is 1. The van der Waals surface area contributed by atoms with E-state index in [9.17, 15) is 63.3 Å². The SMILES string of the molecule is CNC(=O)c1cc(NC(=O)c2cc(NC(=O)c3cc(NC(=O)c4nc(N=C(O)CCCNC(=O)c5cc(NC(=O)c6cc(NC(=O)c7nc(NC(=O)c8nccn8CCCN=C(S)Nc8ccc(-c9c%10ccc(=O)cc-%10oc%10cc([O-])ccc9%10)c(C(=O)O)c8)cn7C)cn6C)cn5C)cn4C)cn3C)cn2C)cn1C. The second-order valence-corrected chi connectivity index (χ2v) is 25.8. The van der Waals surface area contributed by atoms with Crippen molar-refractivity contribution in [1.29, 1.82) is 0 Å². The number of benzene rings is 3. The highest BCUT2D eigenvalue weighted by atomic mass is 32.1. The molecule has 0 fully saturated rings. The van der Waals surface area contributed by atoms with E-state index in [2.05, 4.69) is 85.4 Å². The van der Waals surface area contributed by atoms with E-state index in [1.54, 1.807) is 108 Å². The molecule has 36 nitrogen and oxygen atoms in total.